The molecule has 0 unspecified atom stereocenters. The summed E-state index contributed by atoms with van der Waals surface area (Å²) in [5, 5.41) is 21.2. The number of hydrogen-bond donors (Lipinski definition) is 2. The van der Waals surface area contributed by atoms with Crippen LogP contribution in [0.25, 0.3) is 0 Å². The van der Waals surface area contributed by atoms with Crippen LogP contribution in [0.15, 0.2) is 30.3 Å². The van der Waals surface area contributed by atoms with Gasteiger partial charge in [0.2, 0.25) is 10.1 Å². The van der Waals surface area contributed by atoms with Crippen LogP contribution in [0.2, 0.25) is 0 Å². The Labute approximate surface area is 160 Å². The van der Waals surface area contributed by atoms with Crippen molar-refractivity contribution in [1.82, 2.24) is 0 Å². The van der Waals surface area contributed by atoms with Crippen LogP contribution in [0.5, 0.6) is 0 Å². The van der Waals surface area contributed by atoms with Gasteiger partial charge in [-0.05, 0) is 5.56 Å². The van der Waals surface area contributed by atoms with E-state index in [-0.39, 0.29) is 6.61 Å². The Kier molecular flexibility index (Phi) is 6.15. The molecule has 1 heterocycles. The molecule has 140 valence electrons. The molecular formula is C16H19Cl3O6. The normalized spacial score (nSPS) is 38.6. The highest BCUT2D eigenvalue weighted by Gasteiger charge is 2.59. The molecule has 1 aromatic carbocycles. The summed E-state index contributed by atoms with van der Waals surface area (Å²) in [5.41, 5.74) is 0.920. The molecule has 1 aromatic rings. The molecule has 0 bridgehead atoms. The van der Waals surface area contributed by atoms with Gasteiger partial charge in [0.25, 0.3) is 0 Å². The lowest BCUT2D eigenvalue weighted by Crippen LogP contribution is -2.63. The third-order valence-corrected chi connectivity index (χ3v) is 4.91. The number of hydrogen-bond acceptors (Lipinski definition) is 6. The highest BCUT2D eigenvalue weighted by atomic mass is 35.6. The maximum absolute atomic E-state index is 10.7. The predicted molar refractivity (Wildman–Crippen MR) is 91.7 cm³/mol. The van der Waals surface area contributed by atoms with Crippen LogP contribution in [0.4, 0.5) is 0 Å². The highest BCUT2D eigenvalue weighted by Crippen LogP contribution is 2.43. The number of ether oxygens (including phenoxy) is 4. The Morgan fingerprint density at radius 2 is 1.56 bits per heavy atom. The van der Waals surface area contributed by atoms with Crippen molar-refractivity contribution in [3.63, 3.8) is 0 Å². The number of benzene rings is 1. The molecule has 2 fully saturated rings. The van der Waals surface area contributed by atoms with Gasteiger partial charge < -0.3 is 29.2 Å². The fourth-order valence-electron chi connectivity index (χ4n) is 3.17. The van der Waals surface area contributed by atoms with Gasteiger partial charge in [-0.15, -0.1) is 0 Å². The molecule has 9 heteroatoms. The molecule has 1 saturated carbocycles. The van der Waals surface area contributed by atoms with Crippen LogP contribution in [0.3, 0.4) is 0 Å². The van der Waals surface area contributed by atoms with E-state index in [1.807, 2.05) is 30.3 Å². The Morgan fingerprint density at radius 3 is 2.08 bits per heavy atom. The van der Waals surface area contributed by atoms with Crippen LogP contribution in [-0.4, -0.2) is 64.0 Å². The lowest BCUT2D eigenvalue weighted by atomic mass is 9.84. The van der Waals surface area contributed by atoms with Crippen molar-refractivity contribution in [3.05, 3.63) is 35.9 Å². The first-order valence-electron chi connectivity index (χ1n) is 7.75. The lowest BCUT2D eigenvalue weighted by Gasteiger charge is -2.42. The van der Waals surface area contributed by atoms with Crippen LogP contribution >= 0.6 is 34.8 Å². The minimum Gasteiger partial charge on any atom is -0.387 e. The molecule has 0 amide bonds. The Hall–Kier alpha value is -0.150. The summed E-state index contributed by atoms with van der Waals surface area (Å²) < 4.78 is 20.3. The van der Waals surface area contributed by atoms with Crippen molar-refractivity contribution >= 4 is 34.8 Å². The molecule has 0 spiro atoms. The van der Waals surface area contributed by atoms with Crippen molar-refractivity contribution < 1.29 is 29.2 Å². The van der Waals surface area contributed by atoms with Gasteiger partial charge in [-0.2, -0.15) is 0 Å². The first-order chi connectivity index (χ1) is 11.8. The molecule has 1 aliphatic carbocycles. The largest absolute Gasteiger partial charge is 0.387 e. The standard InChI is InChI=1S/C16H19Cl3O6/c1-22-11-9(20)13-14(25-15(24-13)16(17,18)19)10(21)12(11)23-7-8-5-3-2-4-6-8/h2-6,9-15,20-21H,7H2,1H3/t9-,10+,11-,12+,13+,14-,15-/m0/s1. The number of methoxy groups -OCH3 is 1. The lowest BCUT2D eigenvalue weighted by molar-refractivity contribution is -0.219. The van der Waals surface area contributed by atoms with Crippen LogP contribution < -0.4 is 0 Å². The van der Waals surface area contributed by atoms with Crippen molar-refractivity contribution in [1.29, 1.82) is 0 Å². The van der Waals surface area contributed by atoms with E-state index in [0.29, 0.717) is 0 Å². The Morgan fingerprint density at radius 1 is 1.00 bits per heavy atom. The summed E-state index contributed by atoms with van der Waals surface area (Å²) in [6.07, 6.45) is -6.89. The van der Waals surface area contributed by atoms with Crippen LogP contribution in [-0.2, 0) is 25.6 Å². The number of alkyl halides is 3. The zero-order valence-electron chi connectivity index (χ0n) is 13.3. The minimum absolute atomic E-state index is 0.237. The average molecular weight is 414 g/mol. The summed E-state index contributed by atoms with van der Waals surface area (Å²) in [4.78, 5) is 0. The fraction of sp³-hybridized carbons (Fsp3) is 0.625. The number of aliphatic hydroxyl groups excluding tert-OH is 2. The molecule has 2 aliphatic rings. The second-order valence-electron chi connectivity index (χ2n) is 6.02. The summed E-state index contributed by atoms with van der Waals surface area (Å²) in [6.45, 7) is 0.237. The first kappa shape index (κ1) is 19.6. The quantitative estimate of drug-likeness (QED) is 0.733. The molecular weight excluding hydrogens is 395 g/mol. The van der Waals surface area contributed by atoms with E-state index in [2.05, 4.69) is 0 Å². The van der Waals surface area contributed by atoms with E-state index < -0.39 is 46.7 Å². The maximum atomic E-state index is 10.7. The van der Waals surface area contributed by atoms with Gasteiger partial charge in [0.1, 0.15) is 36.6 Å². The van der Waals surface area contributed by atoms with Gasteiger partial charge in [-0.1, -0.05) is 65.1 Å². The molecule has 0 aromatic heterocycles. The van der Waals surface area contributed by atoms with E-state index in [0.717, 1.165) is 5.56 Å². The van der Waals surface area contributed by atoms with E-state index >= 15 is 0 Å². The molecule has 6 nitrogen and oxygen atoms in total. The van der Waals surface area contributed by atoms with Crippen molar-refractivity contribution in [2.45, 2.75) is 53.3 Å². The molecule has 1 aliphatic heterocycles. The number of fused-ring (bicyclic) bond motifs is 1. The highest BCUT2D eigenvalue weighted by molar-refractivity contribution is 6.67. The van der Waals surface area contributed by atoms with Crippen molar-refractivity contribution in [2.24, 2.45) is 0 Å². The van der Waals surface area contributed by atoms with Gasteiger partial charge in [0.15, 0.2) is 0 Å². The number of aliphatic hydroxyl groups is 2. The smallest absolute Gasteiger partial charge is 0.240 e. The molecule has 2 N–H and O–H groups in total. The summed E-state index contributed by atoms with van der Waals surface area (Å²) in [7, 11) is 1.42. The first-order valence-corrected chi connectivity index (χ1v) is 8.88. The third-order valence-electron chi connectivity index (χ3n) is 4.38. The Bertz CT molecular complexity index is 569. The number of halogens is 3. The number of rotatable bonds is 4. The Balaban J connectivity index is 1.75. The molecule has 25 heavy (non-hydrogen) atoms. The predicted octanol–water partition coefficient (Wildman–Crippen LogP) is 1.80. The van der Waals surface area contributed by atoms with Gasteiger partial charge in [-0.3, -0.25) is 0 Å². The maximum Gasteiger partial charge on any atom is 0.240 e. The van der Waals surface area contributed by atoms with E-state index in [4.69, 9.17) is 53.8 Å². The van der Waals surface area contributed by atoms with Crippen molar-refractivity contribution in [3.8, 4) is 0 Å². The summed E-state index contributed by atoms with van der Waals surface area (Å²) >= 11 is 17.4. The second-order valence-corrected chi connectivity index (χ2v) is 8.39. The average Bonchev–Trinajstić information content (AvgIpc) is 3.04. The van der Waals surface area contributed by atoms with Gasteiger partial charge in [0.05, 0.1) is 6.61 Å². The van der Waals surface area contributed by atoms with E-state index in [1.165, 1.54) is 7.11 Å². The second kappa shape index (κ2) is 7.84. The summed E-state index contributed by atoms with van der Waals surface area (Å²) in [5.74, 6) is 0. The van der Waals surface area contributed by atoms with Gasteiger partial charge >= 0.3 is 0 Å². The van der Waals surface area contributed by atoms with Crippen LogP contribution in [0, 0.1) is 0 Å². The van der Waals surface area contributed by atoms with E-state index in [9.17, 15) is 10.2 Å². The molecule has 7 atom stereocenters. The zero-order chi connectivity index (χ0) is 18.2. The zero-order valence-corrected chi connectivity index (χ0v) is 15.6. The summed E-state index contributed by atoms with van der Waals surface area (Å²) in [6, 6.07) is 9.45. The SMILES string of the molecule is CO[C@H]1[C@H](O)[C@H]2O[C@H](C(Cl)(Cl)Cl)O[C@H]2[C@H](O)[C@H]1OCc1ccccc1. The molecule has 1 saturated heterocycles. The topological polar surface area (TPSA) is 77.4 Å². The molecule has 3 rings (SSSR count). The van der Waals surface area contributed by atoms with Crippen LogP contribution in [0.1, 0.15) is 5.56 Å². The monoisotopic (exact) mass is 412 g/mol. The van der Waals surface area contributed by atoms with Gasteiger partial charge in [-0.25, -0.2) is 0 Å². The minimum atomic E-state index is -1.85. The fourth-order valence-corrected chi connectivity index (χ4v) is 3.48. The van der Waals surface area contributed by atoms with Gasteiger partial charge in [0, 0.05) is 7.11 Å². The molecule has 0 radical (unpaired) electrons. The van der Waals surface area contributed by atoms with Crippen molar-refractivity contribution in [2.75, 3.05) is 7.11 Å². The third kappa shape index (κ3) is 4.08. The van der Waals surface area contributed by atoms with E-state index in [1.54, 1.807) is 0 Å².